The molecule has 0 bridgehead atoms. The highest BCUT2D eigenvalue weighted by Gasteiger charge is 2.17. The summed E-state index contributed by atoms with van der Waals surface area (Å²) < 4.78 is 7.43. The number of benzene rings is 2. The summed E-state index contributed by atoms with van der Waals surface area (Å²) in [6, 6.07) is 12.5. The van der Waals surface area contributed by atoms with E-state index in [-0.39, 0.29) is 24.1 Å². The minimum atomic E-state index is -0.670. The van der Waals surface area contributed by atoms with Gasteiger partial charge < -0.3 is 19.9 Å². The van der Waals surface area contributed by atoms with Crippen LogP contribution in [0.4, 0.5) is 5.69 Å². The molecule has 0 aliphatic heterocycles. The Bertz CT molecular complexity index is 1150. The van der Waals surface area contributed by atoms with Gasteiger partial charge in [0.2, 0.25) is 5.91 Å². The molecule has 0 fully saturated rings. The number of amides is 2. The van der Waals surface area contributed by atoms with E-state index in [2.05, 4.69) is 27.8 Å². The molecule has 0 aliphatic carbocycles. The molecule has 180 valence electrons. The summed E-state index contributed by atoms with van der Waals surface area (Å²) in [6.45, 7) is 3.94. The highest BCUT2D eigenvalue weighted by atomic mass is 35.5. The van der Waals surface area contributed by atoms with Gasteiger partial charge in [-0.25, -0.2) is 0 Å². The van der Waals surface area contributed by atoms with Gasteiger partial charge in [0.15, 0.2) is 17.1 Å². The van der Waals surface area contributed by atoms with Crippen LogP contribution in [-0.4, -0.2) is 38.4 Å². The van der Waals surface area contributed by atoms with E-state index in [1.807, 2.05) is 24.3 Å². The maximum absolute atomic E-state index is 12.4. The maximum atomic E-state index is 12.4. The van der Waals surface area contributed by atoms with E-state index >= 15 is 0 Å². The number of rotatable bonds is 10. The fourth-order valence-electron chi connectivity index (χ4n) is 2.91. The van der Waals surface area contributed by atoms with E-state index in [0.29, 0.717) is 32.5 Å². The second-order valence-corrected chi connectivity index (χ2v) is 9.18. The number of aromatic nitrogens is 3. The second-order valence-electron chi connectivity index (χ2n) is 7.39. The topological polar surface area (TPSA) is 98.1 Å². The van der Waals surface area contributed by atoms with Crippen LogP contribution < -0.4 is 15.4 Å². The minimum Gasteiger partial charge on any atom is -0.481 e. The number of ether oxygens (including phenoxy) is 1. The molecule has 2 N–H and O–H groups in total. The van der Waals surface area contributed by atoms with E-state index in [9.17, 15) is 9.59 Å². The van der Waals surface area contributed by atoms with Gasteiger partial charge >= 0.3 is 0 Å². The second kappa shape index (κ2) is 12.1. The first-order valence-corrected chi connectivity index (χ1v) is 12.3. The molecule has 0 aliphatic rings. The van der Waals surface area contributed by atoms with Crippen molar-refractivity contribution in [1.82, 2.24) is 20.1 Å². The molecule has 2 amide bonds. The summed E-state index contributed by atoms with van der Waals surface area (Å²) in [7, 11) is 1.77. The third-order valence-corrected chi connectivity index (χ3v) is 6.48. The highest BCUT2D eigenvalue weighted by molar-refractivity contribution is 7.99. The molecule has 0 spiro atoms. The largest absolute Gasteiger partial charge is 0.481 e. The van der Waals surface area contributed by atoms with Crippen molar-refractivity contribution in [1.29, 1.82) is 0 Å². The molecule has 8 nitrogen and oxygen atoms in total. The SMILES string of the molecule is CCc1ccc(O[C@H](C)C(=O)NCc2nnc(SCC(=O)Nc3cc(Cl)ccc3Cl)n2C)cc1. The highest BCUT2D eigenvalue weighted by Crippen LogP contribution is 2.26. The van der Waals surface area contributed by atoms with Crippen LogP contribution >= 0.6 is 35.0 Å². The van der Waals surface area contributed by atoms with Crippen LogP contribution in [0.5, 0.6) is 5.75 Å². The molecule has 3 aromatic rings. The van der Waals surface area contributed by atoms with Gasteiger partial charge in [-0.1, -0.05) is 54.0 Å². The average molecular weight is 522 g/mol. The number of carbonyl (C=O) groups is 2. The minimum absolute atomic E-state index is 0.100. The van der Waals surface area contributed by atoms with Gasteiger partial charge in [0.05, 0.1) is 23.0 Å². The summed E-state index contributed by atoms with van der Waals surface area (Å²) in [5.74, 6) is 0.755. The molecule has 3 rings (SSSR count). The number of aryl methyl sites for hydroxylation is 1. The van der Waals surface area contributed by atoms with Gasteiger partial charge in [-0.2, -0.15) is 0 Å². The first-order chi connectivity index (χ1) is 16.3. The van der Waals surface area contributed by atoms with E-state index in [0.717, 1.165) is 6.42 Å². The molecule has 2 aromatic carbocycles. The number of anilines is 1. The fraction of sp³-hybridized carbons (Fsp3) is 0.304. The molecule has 0 radical (unpaired) electrons. The Hall–Kier alpha value is -2.75. The van der Waals surface area contributed by atoms with Gasteiger partial charge in [-0.05, 0) is 49.2 Å². The lowest BCUT2D eigenvalue weighted by Gasteiger charge is -2.15. The quantitative estimate of drug-likeness (QED) is 0.381. The van der Waals surface area contributed by atoms with E-state index in [4.69, 9.17) is 27.9 Å². The Balaban J connectivity index is 1.48. The van der Waals surface area contributed by atoms with Crippen molar-refractivity contribution in [3.63, 3.8) is 0 Å². The molecule has 0 unspecified atom stereocenters. The van der Waals surface area contributed by atoms with Crippen molar-refractivity contribution < 1.29 is 14.3 Å². The van der Waals surface area contributed by atoms with E-state index in [1.54, 1.807) is 36.7 Å². The smallest absolute Gasteiger partial charge is 0.261 e. The number of thioether (sulfide) groups is 1. The van der Waals surface area contributed by atoms with Crippen molar-refractivity contribution in [3.8, 4) is 5.75 Å². The standard InChI is InChI=1S/C23H25Cl2N5O3S/c1-4-15-5-8-17(9-6-15)33-14(2)22(32)26-12-20-28-29-23(30(20)3)34-13-21(31)27-19-11-16(24)7-10-18(19)25/h5-11,14H,4,12-13H2,1-3H3,(H,26,32)(H,27,31)/t14-/m1/s1. The predicted molar refractivity (Wildman–Crippen MR) is 135 cm³/mol. The molecule has 0 saturated carbocycles. The van der Waals surface area contributed by atoms with Crippen LogP contribution in [0.25, 0.3) is 0 Å². The Morgan fingerprint density at radius 1 is 1.15 bits per heavy atom. The van der Waals surface area contributed by atoms with Crippen LogP contribution in [-0.2, 0) is 29.6 Å². The molecule has 1 atom stereocenters. The normalized spacial score (nSPS) is 11.7. The third-order valence-electron chi connectivity index (χ3n) is 4.89. The molecular weight excluding hydrogens is 497 g/mol. The maximum Gasteiger partial charge on any atom is 0.261 e. The first-order valence-electron chi connectivity index (χ1n) is 10.6. The Morgan fingerprint density at radius 3 is 2.59 bits per heavy atom. The molecule has 1 heterocycles. The Morgan fingerprint density at radius 2 is 1.88 bits per heavy atom. The van der Waals surface area contributed by atoms with Crippen LogP contribution in [0.3, 0.4) is 0 Å². The van der Waals surface area contributed by atoms with Crippen molar-refractivity contribution in [2.24, 2.45) is 7.05 Å². The predicted octanol–water partition coefficient (Wildman–Crippen LogP) is 4.50. The van der Waals surface area contributed by atoms with Crippen molar-refractivity contribution >= 4 is 52.5 Å². The summed E-state index contributed by atoms with van der Waals surface area (Å²) >= 11 is 13.2. The zero-order valence-electron chi connectivity index (χ0n) is 19.0. The summed E-state index contributed by atoms with van der Waals surface area (Å²) in [5, 5.41) is 15.1. The molecule has 11 heteroatoms. The Labute approximate surface area is 212 Å². The molecule has 1 aromatic heterocycles. The number of carbonyl (C=O) groups excluding carboxylic acids is 2. The number of hydrogen-bond acceptors (Lipinski definition) is 6. The third kappa shape index (κ3) is 7.12. The summed E-state index contributed by atoms with van der Waals surface area (Å²) in [6.07, 6.45) is 0.270. The van der Waals surface area contributed by atoms with E-state index < -0.39 is 6.10 Å². The van der Waals surface area contributed by atoms with Crippen molar-refractivity contribution in [3.05, 3.63) is 63.9 Å². The van der Waals surface area contributed by atoms with Crippen LogP contribution in [0.1, 0.15) is 25.2 Å². The fourth-order valence-corrected chi connectivity index (χ4v) is 3.97. The average Bonchev–Trinajstić information content (AvgIpc) is 3.18. The zero-order chi connectivity index (χ0) is 24.7. The van der Waals surface area contributed by atoms with Crippen LogP contribution in [0.15, 0.2) is 47.6 Å². The number of nitrogens with one attached hydrogen (secondary N) is 2. The van der Waals surface area contributed by atoms with Gasteiger partial charge in [0.1, 0.15) is 5.75 Å². The molecule has 0 saturated heterocycles. The number of halogens is 2. The lowest BCUT2D eigenvalue weighted by atomic mass is 10.2. The van der Waals surface area contributed by atoms with Gasteiger partial charge in [0.25, 0.3) is 5.91 Å². The molecular formula is C23H25Cl2N5O3S. The van der Waals surface area contributed by atoms with Crippen molar-refractivity contribution in [2.75, 3.05) is 11.1 Å². The van der Waals surface area contributed by atoms with Crippen molar-refractivity contribution in [2.45, 2.75) is 38.1 Å². The first kappa shape index (κ1) is 25.9. The van der Waals surface area contributed by atoms with Crippen LogP contribution in [0.2, 0.25) is 10.0 Å². The lowest BCUT2D eigenvalue weighted by Crippen LogP contribution is -2.36. The zero-order valence-corrected chi connectivity index (χ0v) is 21.3. The monoisotopic (exact) mass is 521 g/mol. The molecule has 34 heavy (non-hydrogen) atoms. The summed E-state index contributed by atoms with van der Waals surface area (Å²) in [4.78, 5) is 24.7. The van der Waals surface area contributed by atoms with E-state index in [1.165, 1.54) is 17.3 Å². The van der Waals surface area contributed by atoms with Gasteiger partial charge in [-0.3, -0.25) is 9.59 Å². The summed E-state index contributed by atoms with van der Waals surface area (Å²) in [5.41, 5.74) is 1.64. The van der Waals surface area contributed by atoms with Gasteiger partial charge in [0, 0.05) is 12.1 Å². The number of nitrogens with zero attached hydrogens (tertiary/aromatic N) is 3. The van der Waals surface area contributed by atoms with Crippen LogP contribution in [0, 0.1) is 0 Å². The lowest BCUT2D eigenvalue weighted by molar-refractivity contribution is -0.127. The Kier molecular flexibility index (Phi) is 9.20. The number of hydrogen-bond donors (Lipinski definition) is 2. The van der Waals surface area contributed by atoms with Gasteiger partial charge in [-0.15, -0.1) is 10.2 Å².